The fourth-order valence-electron chi connectivity index (χ4n) is 2.79. The van der Waals surface area contributed by atoms with Crippen molar-refractivity contribution in [3.05, 3.63) is 0 Å². The topological polar surface area (TPSA) is 157 Å². The smallest absolute Gasteiger partial charge is 0.303 e. The highest BCUT2D eigenvalue weighted by atomic mass is 32.2. The number of thioether (sulfide) groups is 1. The Balaban J connectivity index is 3.03. The minimum atomic E-state index is -1.28. The molecule has 1 aliphatic heterocycles. The van der Waals surface area contributed by atoms with E-state index in [0.29, 0.717) is 12.4 Å². The van der Waals surface area contributed by atoms with Crippen LogP contribution in [0.5, 0.6) is 0 Å². The maximum Gasteiger partial charge on any atom is 0.303 e. The molecule has 5 atom stereocenters. The molecule has 12 nitrogen and oxygen atoms in total. The maximum atomic E-state index is 11.7. The molecule has 0 amide bonds. The van der Waals surface area contributed by atoms with E-state index >= 15 is 0 Å². The number of rotatable bonds is 12. The second-order valence-electron chi connectivity index (χ2n) is 6.49. The Morgan fingerprint density at radius 2 is 1.44 bits per heavy atom. The van der Waals surface area contributed by atoms with Gasteiger partial charge in [0.25, 0.3) is 0 Å². The van der Waals surface area contributed by atoms with E-state index < -0.39 is 54.6 Å². The molecule has 0 saturated carbocycles. The highest BCUT2D eigenvalue weighted by molar-refractivity contribution is 8.03. The van der Waals surface area contributed by atoms with Gasteiger partial charge in [0, 0.05) is 33.4 Å². The van der Waals surface area contributed by atoms with Gasteiger partial charge in [-0.1, -0.05) is 0 Å². The van der Waals surface area contributed by atoms with Crippen LogP contribution in [0, 0.1) is 10.7 Å². The molecule has 0 radical (unpaired) electrons. The number of ether oxygens (including phenoxy) is 7. The van der Waals surface area contributed by atoms with Crippen LogP contribution in [-0.4, -0.2) is 86.8 Å². The zero-order valence-electron chi connectivity index (χ0n) is 18.3. The van der Waals surface area contributed by atoms with Gasteiger partial charge in [0.15, 0.2) is 24.6 Å². The van der Waals surface area contributed by atoms with Crippen LogP contribution in [0.15, 0.2) is 0 Å². The molecule has 0 aliphatic carbocycles. The van der Waals surface area contributed by atoms with Crippen LogP contribution in [0.4, 0.5) is 0 Å². The van der Waals surface area contributed by atoms with E-state index in [2.05, 4.69) is 0 Å². The van der Waals surface area contributed by atoms with Gasteiger partial charge in [-0.05, 0) is 11.8 Å². The van der Waals surface area contributed by atoms with Gasteiger partial charge in [0.05, 0.1) is 19.8 Å². The highest BCUT2D eigenvalue weighted by Gasteiger charge is 2.52. The summed E-state index contributed by atoms with van der Waals surface area (Å²) in [4.78, 5) is 46.3. The molecule has 1 rings (SSSR count). The van der Waals surface area contributed by atoms with Crippen molar-refractivity contribution in [3.63, 3.8) is 0 Å². The molecule has 1 aliphatic rings. The van der Waals surface area contributed by atoms with E-state index in [1.807, 2.05) is 5.40 Å². The summed E-state index contributed by atoms with van der Waals surface area (Å²) in [6, 6.07) is 0. The van der Waals surface area contributed by atoms with Gasteiger partial charge in [-0.2, -0.15) is 5.26 Å². The summed E-state index contributed by atoms with van der Waals surface area (Å²) in [5, 5.41) is 10.4. The molecule has 0 aromatic heterocycles. The number of carbonyl (C=O) groups excluding carboxylic acids is 4. The number of esters is 4. The third-order valence-corrected chi connectivity index (χ3v) is 4.35. The summed E-state index contributed by atoms with van der Waals surface area (Å²) in [7, 11) is 0. The summed E-state index contributed by atoms with van der Waals surface area (Å²) in [5.74, 6) is -2.28. The van der Waals surface area contributed by atoms with Crippen molar-refractivity contribution in [3.8, 4) is 5.40 Å². The fraction of sp³-hybridized carbons (Fsp3) is 0.737. The average molecular weight is 477 g/mol. The SMILES string of the molecule is CC(=O)OC[C@H]1O[C@H](OCCOCCSC#N)[C@@H](OC(C)=O)[C@@H](OC(C)=O)[C@@H]1OC(C)=O. The zero-order chi connectivity index (χ0) is 24.1. The minimum absolute atomic E-state index is 0.00492. The number of nitrogens with zero attached hydrogens (tertiary/aromatic N) is 1. The lowest BCUT2D eigenvalue weighted by atomic mass is 9.98. The van der Waals surface area contributed by atoms with E-state index in [9.17, 15) is 19.2 Å². The lowest BCUT2D eigenvalue weighted by Gasteiger charge is -2.44. The first-order chi connectivity index (χ1) is 15.1. The summed E-state index contributed by atoms with van der Waals surface area (Å²) in [6.07, 6.45) is -6.11. The second-order valence-corrected chi connectivity index (χ2v) is 7.37. The summed E-state index contributed by atoms with van der Waals surface area (Å²) in [5.41, 5.74) is 0. The number of nitriles is 1. The van der Waals surface area contributed by atoms with E-state index in [1.54, 1.807) is 0 Å². The molecular formula is C19H27NO11S. The quantitative estimate of drug-likeness (QED) is 0.164. The van der Waals surface area contributed by atoms with Crippen molar-refractivity contribution in [1.82, 2.24) is 0 Å². The lowest BCUT2D eigenvalue weighted by Crippen LogP contribution is -2.63. The van der Waals surface area contributed by atoms with Crippen molar-refractivity contribution in [2.45, 2.75) is 58.4 Å². The maximum absolute atomic E-state index is 11.7. The third-order valence-electron chi connectivity index (χ3n) is 3.85. The van der Waals surface area contributed by atoms with Gasteiger partial charge in [-0.25, -0.2) is 0 Å². The van der Waals surface area contributed by atoms with Crippen molar-refractivity contribution < 1.29 is 52.3 Å². The molecule has 0 aromatic carbocycles. The molecule has 32 heavy (non-hydrogen) atoms. The predicted molar refractivity (Wildman–Crippen MR) is 107 cm³/mol. The molecule has 0 spiro atoms. The predicted octanol–water partition coefficient (Wildman–Crippen LogP) is 0.317. The standard InChI is InChI=1S/C19H27NO11S/c1-11(21)27-9-15-16(28-12(2)22)17(29-13(3)23)18(30-14(4)24)19(31-15)26-6-5-25-7-8-32-10-20/h15-19H,5-9H2,1-4H3/t15-,16-,17+,18+,19+/m1/s1. The van der Waals surface area contributed by atoms with Crippen LogP contribution in [0.1, 0.15) is 27.7 Å². The van der Waals surface area contributed by atoms with E-state index in [-0.39, 0.29) is 19.8 Å². The average Bonchev–Trinajstić information content (AvgIpc) is 2.68. The molecule has 0 unspecified atom stereocenters. The number of carbonyl (C=O) groups is 4. The molecule has 1 saturated heterocycles. The Kier molecular flexibility index (Phi) is 12.6. The third kappa shape index (κ3) is 10.3. The van der Waals surface area contributed by atoms with Gasteiger partial charge < -0.3 is 33.2 Å². The monoisotopic (exact) mass is 477 g/mol. The fourth-order valence-corrected chi connectivity index (χ4v) is 3.09. The van der Waals surface area contributed by atoms with Crippen molar-refractivity contribution in [2.75, 3.05) is 32.2 Å². The zero-order valence-corrected chi connectivity index (χ0v) is 19.1. The Labute approximate surface area is 189 Å². The van der Waals surface area contributed by atoms with Gasteiger partial charge in [0.2, 0.25) is 0 Å². The van der Waals surface area contributed by atoms with Crippen molar-refractivity contribution in [2.24, 2.45) is 0 Å². The Morgan fingerprint density at radius 1 is 0.844 bits per heavy atom. The molecule has 0 aromatic rings. The van der Waals surface area contributed by atoms with E-state index in [0.717, 1.165) is 32.5 Å². The molecule has 0 bridgehead atoms. The number of thiocyanates is 1. The minimum Gasteiger partial charge on any atom is -0.463 e. The van der Waals surface area contributed by atoms with Crippen LogP contribution in [0.3, 0.4) is 0 Å². The first kappa shape index (κ1) is 27.6. The van der Waals surface area contributed by atoms with Crippen LogP contribution in [-0.2, 0) is 52.3 Å². The molecule has 1 fully saturated rings. The summed E-state index contributed by atoms with van der Waals surface area (Å²) >= 11 is 1.05. The summed E-state index contributed by atoms with van der Waals surface area (Å²) in [6.45, 7) is 4.73. The van der Waals surface area contributed by atoms with Crippen molar-refractivity contribution >= 4 is 35.6 Å². The molecule has 0 N–H and O–H groups in total. The Morgan fingerprint density at radius 3 is 2.00 bits per heavy atom. The Bertz CT molecular complexity index is 695. The lowest BCUT2D eigenvalue weighted by molar-refractivity contribution is -0.309. The van der Waals surface area contributed by atoms with Crippen LogP contribution >= 0.6 is 11.8 Å². The highest BCUT2D eigenvalue weighted by Crippen LogP contribution is 2.29. The van der Waals surface area contributed by atoms with Crippen LogP contribution in [0.25, 0.3) is 0 Å². The number of hydrogen-bond donors (Lipinski definition) is 0. The number of hydrogen-bond acceptors (Lipinski definition) is 13. The first-order valence-electron chi connectivity index (χ1n) is 9.66. The van der Waals surface area contributed by atoms with Gasteiger partial charge in [-0.15, -0.1) is 0 Å². The summed E-state index contributed by atoms with van der Waals surface area (Å²) < 4.78 is 37.5. The van der Waals surface area contributed by atoms with Crippen molar-refractivity contribution in [1.29, 1.82) is 5.26 Å². The largest absolute Gasteiger partial charge is 0.463 e. The normalized spacial score (nSPS) is 24.7. The Hall–Kier alpha value is -2.40. The van der Waals surface area contributed by atoms with E-state index in [4.69, 9.17) is 38.4 Å². The molecule has 13 heteroatoms. The molecule has 180 valence electrons. The van der Waals surface area contributed by atoms with Gasteiger partial charge >= 0.3 is 23.9 Å². The van der Waals surface area contributed by atoms with Crippen LogP contribution in [0.2, 0.25) is 0 Å². The van der Waals surface area contributed by atoms with E-state index in [1.165, 1.54) is 6.92 Å². The molecular weight excluding hydrogens is 450 g/mol. The van der Waals surface area contributed by atoms with Crippen LogP contribution < -0.4 is 0 Å². The van der Waals surface area contributed by atoms with Gasteiger partial charge in [0.1, 0.15) is 18.1 Å². The molecule has 1 heterocycles. The second kappa shape index (κ2) is 14.6. The van der Waals surface area contributed by atoms with Gasteiger partial charge in [-0.3, -0.25) is 19.2 Å². The first-order valence-corrected chi connectivity index (χ1v) is 10.6.